The van der Waals surface area contributed by atoms with Crippen molar-refractivity contribution in [2.75, 3.05) is 25.4 Å². The summed E-state index contributed by atoms with van der Waals surface area (Å²) < 4.78 is 2.23. The fourth-order valence-corrected chi connectivity index (χ4v) is 6.59. The van der Waals surface area contributed by atoms with Crippen molar-refractivity contribution in [3.8, 4) is 0 Å². The molecule has 1 saturated carbocycles. The van der Waals surface area contributed by atoms with E-state index < -0.39 is 0 Å². The van der Waals surface area contributed by atoms with Crippen LogP contribution in [0.5, 0.6) is 0 Å². The molecule has 2 unspecified atom stereocenters. The van der Waals surface area contributed by atoms with Crippen molar-refractivity contribution in [3.63, 3.8) is 0 Å². The van der Waals surface area contributed by atoms with Gasteiger partial charge in [0.1, 0.15) is 5.82 Å². The van der Waals surface area contributed by atoms with Crippen molar-refractivity contribution >= 4 is 17.7 Å². The maximum Gasteiger partial charge on any atom is 0.233 e. The van der Waals surface area contributed by atoms with Gasteiger partial charge in [-0.2, -0.15) is 0 Å². The number of hydrogen-bond acceptors (Lipinski definition) is 5. The van der Waals surface area contributed by atoms with Gasteiger partial charge in [0.15, 0.2) is 5.16 Å². The molecule has 2 aliphatic heterocycles. The van der Waals surface area contributed by atoms with E-state index in [-0.39, 0.29) is 5.91 Å². The lowest BCUT2D eigenvalue weighted by Crippen LogP contribution is -2.50. The lowest BCUT2D eigenvalue weighted by molar-refractivity contribution is -0.134. The van der Waals surface area contributed by atoms with Gasteiger partial charge in [0.05, 0.1) is 18.8 Å². The van der Waals surface area contributed by atoms with Gasteiger partial charge in [0.2, 0.25) is 5.91 Å². The summed E-state index contributed by atoms with van der Waals surface area (Å²) in [4.78, 5) is 17.9. The minimum absolute atomic E-state index is 0.280. The van der Waals surface area contributed by atoms with Gasteiger partial charge < -0.3 is 9.47 Å². The number of likely N-dealkylation sites (tertiary alicyclic amines) is 2. The maximum atomic E-state index is 13.2. The standard InChI is InChI=1S/C25H35N5OS/c31-24(29-16-8-12-21-11-4-5-13-22(21)29)19-32-25-27-26-23(18-28-14-6-7-15-28)30(25)17-20-9-2-1-3-10-20/h1-3,9-10,21-22H,4-8,11-19H2. The first-order valence-corrected chi connectivity index (χ1v) is 13.4. The van der Waals surface area contributed by atoms with Gasteiger partial charge in [-0.15, -0.1) is 10.2 Å². The Morgan fingerprint density at radius 2 is 1.69 bits per heavy atom. The summed E-state index contributed by atoms with van der Waals surface area (Å²) in [5.41, 5.74) is 1.24. The molecule has 172 valence electrons. The highest BCUT2D eigenvalue weighted by atomic mass is 32.2. The van der Waals surface area contributed by atoms with E-state index in [1.54, 1.807) is 11.8 Å². The largest absolute Gasteiger partial charge is 0.339 e. The zero-order chi connectivity index (χ0) is 21.8. The molecule has 0 radical (unpaired) electrons. The Bertz CT molecular complexity index is 893. The highest BCUT2D eigenvalue weighted by Gasteiger charge is 2.35. The van der Waals surface area contributed by atoms with Crippen LogP contribution in [0.15, 0.2) is 35.5 Å². The van der Waals surface area contributed by atoms with E-state index in [1.807, 2.05) is 6.07 Å². The molecule has 3 aliphatic rings. The number of aromatic nitrogens is 3. The number of piperidine rings is 1. The maximum absolute atomic E-state index is 13.2. The van der Waals surface area contributed by atoms with E-state index in [2.05, 4.69) is 48.8 Å². The number of thioether (sulfide) groups is 1. The molecular weight excluding hydrogens is 418 g/mol. The number of carbonyl (C=O) groups excluding carboxylic acids is 1. The molecule has 6 nitrogen and oxygen atoms in total. The van der Waals surface area contributed by atoms with Crippen LogP contribution in [-0.4, -0.2) is 61.9 Å². The van der Waals surface area contributed by atoms with Gasteiger partial charge in [0.25, 0.3) is 0 Å². The van der Waals surface area contributed by atoms with Crippen molar-refractivity contribution in [2.45, 2.75) is 75.7 Å². The van der Waals surface area contributed by atoms with Crippen LogP contribution in [0, 0.1) is 5.92 Å². The fourth-order valence-electron chi connectivity index (χ4n) is 5.75. The first-order chi connectivity index (χ1) is 15.8. The Balaban J connectivity index is 1.29. The SMILES string of the molecule is O=C(CSc1nnc(CN2CCCC2)n1Cc1ccccc1)N1CCCC2CCCCC21. The monoisotopic (exact) mass is 453 g/mol. The summed E-state index contributed by atoms with van der Waals surface area (Å²) in [6.45, 7) is 4.79. The molecule has 3 fully saturated rings. The second kappa shape index (κ2) is 10.4. The Morgan fingerprint density at radius 1 is 0.906 bits per heavy atom. The number of nitrogens with zero attached hydrogens (tertiary/aromatic N) is 5. The third-order valence-electron chi connectivity index (χ3n) is 7.43. The van der Waals surface area contributed by atoms with E-state index in [0.717, 1.165) is 56.0 Å². The Hall–Kier alpha value is -1.86. The lowest BCUT2D eigenvalue weighted by Gasteiger charge is -2.44. The summed E-state index contributed by atoms with van der Waals surface area (Å²) >= 11 is 1.57. The van der Waals surface area contributed by atoms with Crippen LogP contribution < -0.4 is 0 Å². The Morgan fingerprint density at radius 3 is 2.53 bits per heavy atom. The van der Waals surface area contributed by atoms with Crippen molar-refractivity contribution in [1.82, 2.24) is 24.6 Å². The molecule has 2 saturated heterocycles. The molecule has 5 rings (SSSR count). The molecule has 1 amide bonds. The molecule has 7 heteroatoms. The van der Waals surface area contributed by atoms with Gasteiger partial charge in [-0.05, 0) is 63.1 Å². The smallest absolute Gasteiger partial charge is 0.233 e. The number of rotatable bonds is 7. The highest BCUT2D eigenvalue weighted by Crippen LogP contribution is 2.35. The van der Waals surface area contributed by atoms with Crippen LogP contribution in [0.2, 0.25) is 0 Å². The van der Waals surface area contributed by atoms with E-state index in [0.29, 0.717) is 11.8 Å². The van der Waals surface area contributed by atoms with Crippen LogP contribution in [0.3, 0.4) is 0 Å². The summed E-state index contributed by atoms with van der Waals surface area (Å²) in [6.07, 6.45) is 10.1. The molecule has 0 N–H and O–H groups in total. The summed E-state index contributed by atoms with van der Waals surface area (Å²) in [6, 6.07) is 11.0. The number of benzene rings is 1. The number of hydrogen-bond donors (Lipinski definition) is 0. The summed E-state index contributed by atoms with van der Waals surface area (Å²) in [7, 11) is 0. The van der Waals surface area contributed by atoms with E-state index in [4.69, 9.17) is 0 Å². The van der Waals surface area contributed by atoms with Crippen LogP contribution in [-0.2, 0) is 17.9 Å². The van der Waals surface area contributed by atoms with E-state index in [1.165, 1.54) is 50.5 Å². The van der Waals surface area contributed by atoms with Crippen molar-refractivity contribution in [3.05, 3.63) is 41.7 Å². The van der Waals surface area contributed by atoms with E-state index >= 15 is 0 Å². The highest BCUT2D eigenvalue weighted by molar-refractivity contribution is 7.99. The molecule has 2 atom stereocenters. The number of fused-ring (bicyclic) bond motifs is 1. The van der Waals surface area contributed by atoms with Gasteiger partial charge in [-0.3, -0.25) is 9.69 Å². The Kier molecular flexibility index (Phi) is 7.13. The zero-order valence-electron chi connectivity index (χ0n) is 19.0. The van der Waals surface area contributed by atoms with Crippen LogP contribution in [0.1, 0.15) is 62.8 Å². The number of amides is 1. The molecule has 32 heavy (non-hydrogen) atoms. The fraction of sp³-hybridized carbons (Fsp3) is 0.640. The predicted octanol–water partition coefficient (Wildman–Crippen LogP) is 4.20. The quantitative estimate of drug-likeness (QED) is 0.588. The van der Waals surface area contributed by atoms with Crippen molar-refractivity contribution < 1.29 is 4.79 Å². The van der Waals surface area contributed by atoms with Crippen molar-refractivity contribution in [2.24, 2.45) is 5.92 Å². The first-order valence-electron chi connectivity index (χ1n) is 12.4. The molecule has 3 heterocycles. The molecule has 1 aromatic carbocycles. The third-order valence-corrected chi connectivity index (χ3v) is 8.38. The van der Waals surface area contributed by atoms with E-state index in [9.17, 15) is 4.79 Å². The zero-order valence-corrected chi connectivity index (χ0v) is 19.8. The Labute approximate surface area is 195 Å². The van der Waals surface area contributed by atoms with Crippen molar-refractivity contribution in [1.29, 1.82) is 0 Å². The molecule has 1 aromatic heterocycles. The molecule has 1 aliphatic carbocycles. The predicted molar refractivity (Wildman–Crippen MR) is 127 cm³/mol. The minimum Gasteiger partial charge on any atom is -0.339 e. The number of carbonyl (C=O) groups is 1. The normalized spacial score (nSPS) is 23.9. The van der Waals surface area contributed by atoms with Gasteiger partial charge >= 0.3 is 0 Å². The lowest BCUT2D eigenvalue weighted by atomic mass is 9.78. The molecule has 0 spiro atoms. The topological polar surface area (TPSA) is 54.3 Å². The first kappa shape index (κ1) is 22.0. The van der Waals surface area contributed by atoms with Gasteiger partial charge in [0, 0.05) is 12.6 Å². The average molecular weight is 454 g/mol. The molecule has 0 bridgehead atoms. The van der Waals surface area contributed by atoms with Crippen LogP contribution in [0.25, 0.3) is 0 Å². The molecule has 2 aromatic rings. The van der Waals surface area contributed by atoms with Gasteiger partial charge in [-0.25, -0.2) is 0 Å². The summed E-state index contributed by atoms with van der Waals surface area (Å²) in [5.74, 6) is 2.47. The second-order valence-corrected chi connectivity index (χ2v) is 10.5. The summed E-state index contributed by atoms with van der Waals surface area (Å²) in [5, 5.41) is 9.96. The molecular formula is C25H35N5OS. The second-order valence-electron chi connectivity index (χ2n) is 9.58. The van der Waals surface area contributed by atoms with Crippen LogP contribution >= 0.6 is 11.8 Å². The third kappa shape index (κ3) is 5.04. The minimum atomic E-state index is 0.280. The van der Waals surface area contributed by atoms with Gasteiger partial charge in [-0.1, -0.05) is 54.9 Å². The van der Waals surface area contributed by atoms with Crippen LogP contribution in [0.4, 0.5) is 0 Å². The average Bonchev–Trinajstić information content (AvgIpc) is 3.48.